The molecule has 0 saturated carbocycles. The minimum absolute atomic E-state index is 1.26. The van der Waals surface area contributed by atoms with Gasteiger partial charge in [0.1, 0.15) is 0 Å². The number of hydrogen-bond donors (Lipinski definition) is 1. The Morgan fingerprint density at radius 1 is 1.08 bits per heavy atom. The molecule has 8 heteroatoms. The number of nitrogens with zero attached hydrogens (tertiary/aromatic N) is 1. The average molecular weight is 186 g/mol. The highest BCUT2D eigenvalue weighted by molar-refractivity contribution is 6.59. The number of carbonyl (C=O) groups is 4. The van der Waals surface area contributed by atoms with Crippen LogP contribution >= 0.6 is 0 Å². The van der Waals surface area contributed by atoms with Gasteiger partial charge in [0, 0.05) is 4.92 Å². The van der Waals surface area contributed by atoms with Crippen molar-refractivity contribution in [1.29, 1.82) is 0 Å². The molecule has 0 radical (unpaired) electrons. The van der Waals surface area contributed by atoms with Gasteiger partial charge in [0.05, 0.1) is 0 Å². The van der Waals surface area contributed by atoms with Gasteiger partial charge in [0.15, 0.2) is 0 Å². The van der Waals surface area contributed by atoms with Crippen LogP contribution in [0.5, 0.6) is 0 Å². The Labute approximate surface area is 70.0 Å². The van der Waals surface area contributed by atoms with Gasteiger partial charge in [0.2, 0.25) is 0 Å². The van der Waals surface area contributed by atoms with Gasteiger partial charge in [-0.05, 0) is 0 Å². The Morgan fingerprint density at radius 3 is 1.77 bits per heavy atom. The lowest BCUT2D eigenvalue weighted by molar-refractivity contribution is -0.492. The van der Waals surface area contributed by atoms with Gasteiger partial charge in [-0.2, -0.15) is 0 Å². The summed E-state index contributed by atoms with van der Waals surface area (Å²) in [6.07, 6.45) is 0. The second kappa shape index (κ2) is 2.73. The van der Waals surface area contributed by atoms with E-state index in [1.165, 1.54) is 5.32 Å². The molecule has 1 aliphatic rings. The van der Waals surface area contributed by atoms with Gasteiger partial charge in [-0.25, -0.2) is 0 Å². The number of nitrogens with one attached hydrogen (secondary N) is 1. The van der Waals surface area contributed by atoms with Crippen LogP contribution in [0.15, 0.2) is 0 Å². The Morgan fingerprint density at radius 2 is 1.46 bits per heavy atom. The summed E-state index contributed by atoms with van der Waals surface area (Å²) in [4.78, 5) is 51.3. The molecule has 0 spiro atoms. The molecule has 8 nitrogen and oxygen atoms in total. The highest BCUT2D eigenvalue weighted by Crippen LogP contribution is 2.00. The van der Waals surface area contributed by atoms with Crippen molar-refractivity contribution in [2.45, 2.75) is 6.04 Å². The van der Waals surface area contributed by atoms with Gasteiger partial charge >= 0.3 is 29.4 Å². The molecule has 68 valence electrons. The third-order valence-corrected chi connectivity index (χ3v) is 1.38. The molecule has 0 unspecified atom stereocenters. The van der Waals surface area contributed by atoms with Crippen molar-refractivity contribution in [1.82, 2.24) is 5.32 Å². The molecule has 1 fully saturated rings. The second-order valence-corrected chi connectivity index (χ2v) is 2.20. The highest BCUT2D eigenvalue weighted by Gasteiger charge is 2.50. The number of ketones is 2. The summed E-state index contributed by atoms with van der Waals surface area (Å²) in [5, 5.41) is 11.5. The predicted molar refractivity (Wildman–Crippen MR) is 33.9 cm³/mol. The molecule has 0 aromatic rings. The fourth-order valence-electron chi connectivity index (χ4n) is 0.785. The van der Waals surface area contributed by atoms with Crippen LogP contribution in [-0.4, -0.2) is 34.3 Å². The number of carbonyl (C=O) groups excluding carboxylic acids is 4. The zero-order valence-electron chi connectivity index (χ0n) is 5.97. The topological polar surface area (TPSA) is 123 Å². The van der Waals surface area contributed by atoms with E-state index in [-0.39, 0.29) is 0 Å². The standard InChI is InChI=1S/C5H2N2O6/c8-2-1(7(12)13)3(9)5(11)6-4(2)10/h1H,(H,6,10,11). The first kappa shape index (κ1) is 8.97. The fourth-order valence-corrected chi connectivity index (χ4v) is 0.785. The van der Waals surface area contributed by atoms with Crippen LogP contribution in [0.1, 0.15) is 0 Å². The van der Waals surface area contributed by atoms with E-state index in [1.807, 2.05) is 0 Å². The maximum absolute atomic E-state index is 10.7. The van der Waals surface area contributed by atoms with E-state index in [0.29, 0.717) is 0 Å². The van der Waals surface area contributed by atoms with Gasteiger partial charge in [-0.1, -0.05) is 0 Å². The Hall–Kier alpha value is -2.12. The van der Waals surface area contributed by atoms with Crippen LogP contribution in [0.2, 0.25) is 0 Å². The first-order chi connectivity index (χ1) is 5.95. The number of piperidine rings is 1. The summed E-state index contributed by atoms with van der Waals surface area (Å²) in [6.45, 7) is 0. The Bertz CT molecular complexity index is 319. The van der Waals surface area contributed by atoms with Crippen molar-refractivity contribution in [3.8, 4) is 0 Å². The van der Waals surface area contributed by atoms with Crippen molar-refractivity contribution in [2.24, 2.45) is 0 Å². The molecule has 13 heavy (non-hydrogen) atoms. The summed E-state index contributed by atoms with van der Waals surface area (Å²) >= 11 is 0. The molecule has 0 aromatic carbocycles. The lowest BCUT2D eigenvalue weighted by Gasteiger charge is -2.11. The Balaban J connectivity index is 3.09. The van der Waals surface area contributed by atoms with E-state index in [0.717, 1.165) is 0 Å². The minimum atomic E-state index is -2.37. The van der Waals surface area contributed by atoms with E-state index >= 15 is 0 Å². The molecular weight excluding hydrogens is 184 g/mol. The fraction of sp³-hybridized carbons (Fsp3) is 0.200. The third kappa shape index (κ3) is 1.28. The van der Waals surface area contributed by atoms with Crippen molar-refractivity contribution >= 4 is 23.4 Å². The molecule has 2 amide bonds. The SMILES string of the molecule is O=C1NC(=O)C(=O)C([N+](=O)[O-])C1=O. The van der Waals surface area contributed by atoms with Crippen LogP contribution in [0.25, 0.3) is 0 Å². The number of Topliss-reactive ketones (excluding diaryl/α,β-unsaturated/α-hetero) is 2. The molecule has 1 N–H and O–H groups in total. The van der Waals surface area contributed by atoms with Gasteiger partial charge in [-0.15, -0.1) is 0 Å². The predicted octanol–water partition coefficient (Wildman–Crippen LogP) is -2.57. The van der Waals surface area contributed by atoms with E-state index < -0.39 is 34.3 Å². The van der Waals surface area contributed by atoms with E-state index in [9.17, 15) is 29.3 Å². The lowest BCUT2D eigenvalue weighted by Crippen LogP contribution is -2.58. The summed E-state index contributed by atoms with van der Waals surface area (Å²) in [5.41, 5.74) is 0. The zero-order valence-corrected chi connectivity index (χ0v) is 5.97. The van der Waals surface area contributed by atoms with Crippen LogP contribution in [-0.2, 0) is 19.2 Å². The smallest absolute Gasteiger partial charge is 0.283 e. The van der Waals surface area contributed by atoms with Gasteiger partial charge in [0.25, 0.3) is 0 Å². The maximum atomic E-state index is 10.7. The molecule has 0 aromatic heterocycles. The normalized spacial score (nSPS) is 18.8. The Kier molecular flexibility index (Phi) is 1.89. The quantitative estimate of drug-likeness (QED) is 0.158. The van der Waals surface area contributed by atoms with Crippen LogP contribution in [0, 0.1) is 10.1 Å². The lowest BCUT2D eigenvalue weighted by atomic mass is 10.0. The number of amides is 2. The summed E-state index contributed by atoms with van der Waals surface area (Å²) in [7, 11) is 0. The highest BCUT2D eigenvalue weighted by atomic mass is 16.6. The van der Waals surface area contributed by atoms with Crippen molar-refractivity contribution in [3.63, 3.8) is 0 Å². The van der Waals surface area contributed by atoms with Crippen LogP contribution in [0.4, 0.5) is 0 Å². The molecule has 1 aliphatic heterocycles. The average Bonchev–Trinajstić information content (AvgIpc) is 2.01. The first-order valence-corrected chi connectivity index (χ1v) is 3.02. The third-order valence-electron chi connectivity index (χ3n) is 1.38. The van der Waals surface area contributed by atoms with Crippen LogP contribution in [0.3, 0.4) is 0 Å². The molecular formula is C5H2N2O6. The molecule has 0 bridgehead atoms. The number of hydrogen-bond acceptors (Lipinski definition) is 6. The van der Waals surface area contributed by atoms with Crippen molar-refractivity contribution in [3.05, 3.63) is 10.1 Å². The van der Waals surface area contributed by atoms with Gasteiger partial charge < -0.3 is 0 Å². The molecule has 0 aliphatic carbocycles. The minimum Gasteiger partial charge on any atom is -0.283 e. The van der Waals surface area contributed by atoms with Crippen molar-refractivity contribution in [2.75, 3.05) is 0 Å². The first-order valence-electron chi connectivity index (χ1n) is 3.02. The van der Waals surface area contributed by atoms with E-state index in [2.05, 4.69) is 0 Å². The van der Waals surface area contributed by atoms with Crippen LogP contribution < -0.4 is 5.32 Å². The summed E-state index contributed by atoms with van der Waals surface area (Å²) < 4.78 is 0. The molecule has 1 rings (SSSR count). The monoisotopic (exact) mass is 186 g/mol. The molecule has 1 saturated heterocycles. The zero-order chi connectivity index (χ0) is 10.2. The molecule has 0 atom stereocenters. The van der Waals surface area contributed by atoms with Gasteiger partial charge in [-0.3, -0.25) is 34.6 Å². The number of nitro groups is 1. The largest absolute Gasteiger partial charge is 0.346 e. The van der Waals surface area contributed by atoms with Crippen molar-refractivity contribution < 1.29 is 24.1 Å². The maximum Gasteiger partial charge on any atom is 0.346 e. The number of rotatable bonds is 1. The van der Waals surface area contributed by atoms with E-state index in [1.54, 1.807) is 0 Å². The van der Waals surface area contributed by atoms with E-state index in [4.69, 9.17) is 0 Å². The second-order valence-electron chi connectivity index (χ2n) is 2.20. The molecule has 1 heterocycles. The summed E-state index contributed by atoms with van der Waals surface area (Å²) in [6, 6.07) is -2.37. The summed E-state index contributed by atoms with van der Waals surface area (Å²) in [5.74, 6) is -5.89. The number of imide groups is 1.